The molecule has 0 bridgehead atoms. The van der Waals surface area contributed by atoms with Gasteiger partial charge >= 0.3 is 0 Å². The van der Waals surface area contributed by atoms with E-state index in [4.69, 9.17) is 11.6 Å². The number of nitrogens with one attached hydrogen (secondary N) is 1. The van der Waals surface area contributed by atoms with Gasteiger partial charge in [-0.15, -0.1) is 24.0 Å². The van der Waals surface area contributed by atoms with Crippen molar-refractivity contribution in [1.29, 1.82) is 0 Å². The standard InChI is InChI=1S/C10H12ClNO.ClH.2H2O/c11-7-6-10(13)12-8-9-4-2-1-3-5-9;;;/h1-5H,6-8H2,(H,12,13);1H;2*1H2. The average molecular weight is 270 g/mol. The van der Waals surface area contributed by atoms with Crippen LogP contribution in [-0.4, -0.2) is 22.7 Å². The molecule has 0 aliphatic rings. The minimum absolute atomic E-state index is 0. The Kier molecular flexibility index (Phi) is 15.8. The number of amides is 1. The van der Waals surface area contributed by atoms with E-state index in [9.17, 15) is 4.79 Å². The molecule has 0 radical (unpaired) electrons. The Morgan fingerprint density at radius 1 is 1.19 bits per heavy atom. The topological polar surface area (TPSA) is 92.1 Å². The number of rotatable bonds is 4. The van der Waals surface area contributed by atoms with Crippen LogP contribution in [0.2, 0.25) is 0 Å². The molecule has 0 unspecified atom stereocenters. The van der Waals surface area contributed by atoms with Gasteiger partial charge in [0.1, 0.15) is 0 Å². The van der Waals surface area contributed by atoms with Crippen molar-refractivity contribution in [2.45, 2.75) is 13.0 Å². The van der Waals surface area contributed by atoms with Crippen molar-refractivity contribution in [2.24, 2.45) is 0 Å². The molecule has 0 saturated carbocycles. The normalized spacial score (nSPS) is 7.81. The first kappa shape index (κ1) is 20.6. The maximum atomic E-state index is 11.0. The lowest BCUT2D eigenvalue weighted by Gasteiger charge is -2.02. The second kappa shape index (κ2) is 12.3. The largest absolute Gasteiger partial charge is 0.412 e. The van der Waals surface area contributed by atoms with Gasteiger partial charge in [-0.2, -0.15) is 0 Å². The van der Waals surface area contributed by atoms with Crippen molar-refractivity contribution < 1.29 is 15.7 Å². The highest BCUT2D eigenvalue weighted by molar-refractivity contribution is 6.18. The molecule has 0 saturated heterocycles. The predicted octanol–water partition coefficient (Wildman–Crippen LogP) is 0.704. The number of carbonyl (C=O) groups is 1. The maximum Gasteiger partial charge on any atom is 0.221 e. The van der Waals surface area contributed by atoms with Crippen LogP contribution in [0.15, 0.2) is 30.3 Å². The van der Waals surface area contributed by atoms with E-state index in [-0.39, 0.29) is 29.3 Å². The fourth-order valence-electron chi connectivity index (χ4n) is 0.971. The van der Waals surface area contributed by atoms with E-state index in [1.165, 1.54) is 0 Å². The van der Waals surface area contributed by atoms with E-state index >= 15 is 0 Å². The molecule has 0 aromatic heterocycles. The van der Waals surface area contributed by atoms with Crippen molar-refractivity contribution in [3.8, 4) is 0 Å². The molecular weight excluding hydrogens is 253 g/mol. The van der Waals surface area contributed by atoms with Gasteiger partial charge in [-0.25, -0.2) is 0 Å². The smallest absolute Gasteiger partial charge is 0.221 e. The molecule has 5 N–H and O–H groups in total. The van der Waals surface area contributed by atoms with Crippen molar-refractivity contribution in [2.75, 3.05) is 5.88 Å². The van der Waals surface area contributed by atoms with Gasteiger partial charge < -0.3 is 16.3 Å². The van der Waals surface area contributed by atoms with Gasteiger partial charge in [0, 0.05) is 18.8 Å². The molecule has 0 atom stereocenters. The molecular formula is C10H17Cl2NO3. The van der Waals surface area contributed by atoms with Crippen LogP contribution < -0.4 is 5.32 Å². The van der Waals surface area contributed by atoms with E-state index in [1.54, 1.807) is 0 Å². The summed E-state index contributed by atoms with van der Waals surface area (Å²) in [6, 6.07) is 9.79. The third-order valence-corrected chi connectivity index (χ3v) is 1.84. The molecule has 0 aliphatic heterocycles. The maximum absolute atomic E-state index is 11.0. The number of alkyl halides is 1. The highest BCUT2D eigenvalue weighted by Crippen LogP contribution is 1.97. The molecule has 16 heavy (non-hydrogen) atoms. The summed E-state index contributed by atoms with van der Waals surface area (Å²) in [6.07, 6.45) is 0.383. The molecule has 1 aromatic carbocycles. The molecule has 1 rings (SSSR count). The summed E-state index contributed by atoms with van der Waals surface area (Å²) in [5.41, 5.74) is 1.10. The lowest BCUT2D eigenvalue weighted by Crippen LogP contribution is -2.22. The second-order valence-corrected chi connectivity index (χ2v) is 3.08. The summed E-state index contributed by atoms with van der Waals surface area (Å²) in [5, 5.41) is 2.78. The average Bonchev–Trinajstić information content (AvgIpc) is 2.17. The van der Waals surface area contributed by atoms with Gasteiger partial charge in [0.2, 0.25) is 5.91 Å². The summed E-state index contributed by atoms with van der Waals surface area (Å²) in [6.45, 7) is 0.580. The lowest BCUT2D eigenvalue weighted by molar-refractivity contribution is -0.120. The summed E-state index contributed by atoms with van der Waals surface area (Å²) in [5.74, 6) is 0.375. The summed E-state index contributed by atoms with van der Waals surface area (Å²) in [4.78, 5) is 11.0. The Bertz CT molecular complexity index is 270. The predicted molar refractivity (Wildman–Crippen MR) is 68.1 cm³/mol. The number of hydrogen-bond donors (Lipinski definition) is 1. The van der Waals surface area contributed by atoms with E-state index in [0.717, 1.165) is 5.56 Å². The number of halogens is 2. The van der Waals surface area contributed by atoms with Crippen molar-refractivity contribution in [3.63, 3.8) is 0 Å². The molecule has 0 heterocycles. The van der Waals surface area contributed by atoms with E-state index < -0.39 is 0 Å². The zero-order valence-electron chi connectivity index (χ0n) is 8.70. The Morgan fingerprint density at radius 3 is 2.25 bits per heavy atom. The third kappa shape index (κ3) is 8.49. The Morgan fingerprint density at radius 2 is 1.75 bits per heavy atom. The number of carbonyl (C=O) groups excluding carboxylic acids is 1. The summed E-state index contributed by atoms with van der Waals surface area (Å²) < 4.78 is 0. The molecule has 0 fully saturated rings. The van der Waals surface area contributed by atoms with Crippen LogP contribution in [0, 0.1) is 0 Å². The van der Waals surface area contributed by atoms with Crippen molar-refractivity contribution in [1.82, 2.24) is 5.32 Å². The quantitative estimate of drug-likeness (QED) is 0.801. The highest BCUT2D eigenvalue weighted by Gasteiger charge is 1.98. The van der Waals surface area contributed by atoms with Crippen LogP contribution >= 0.6 is 24.0 Å². The van der Waals surface area contributed by atoms with Crippen LogP contribution in [-0.2, 0) is 11.3 Å². The van der Waals surface area contributed by atoms with Gasteiger partial charge in [-0.3, -0.25) is 4.79 Å². The van der Waals surface area contributed by atoms with Crippen LogP contribution in [0.4, 0.5) is 0 Å². The van der Waals surface area contributed by atoms with Gasteiger partial charge in [0.25, 0.3) is 0 Å². The zero-order valence-corrected chi connectivity index (χ0v) is 10.3. The minimum Gasteiger partial charge on any atom is -0.412 e. The summed E-state index contributed by atoms with van der Waals surface area (Å²) >= 11 is 5.42. The fourth-order valence-corrected chi connectivity index (χ4v) is 1.14. The monoisotopic (exact) mass is 269 g/mol. The first-order valence-electron chi connectivity index (χ1n) is 4.19. The zero-order chi connectivity index (χ0) is 9.52. The van der Waals surface area contributed by atoms with Gasteiger partial charge in [0.05, 0.1) is 0 Å². The van der Waals surface area contributed by atoms with Crippen molar-refractivity contribution >= 4 is 29.9 Å². The molecule has 4 nitrogen and oxygen atoms in total. The lowest BCUT2D eigenvalue weighted by atomic mass is 10.2. The molecule has 0 spiro atoms. The van der Waals surface area contributed by atoms with E-state index in [0.29, 0.717) is 18.8 Å². The van der Waals surface area contributed by atoms with Gasteiger partial charge in [-0.05, 0) is 5.56 Å². The highest BCUT2D eigenvalue weighted by atomic mass is 35.5. The SMILES string of the molecule is Cl.O.O.O=C(CCCl)NCc1ccccc1. The van der Waals surface area contributed by atoms with Crippen LogP contribution in [0.1, 0.15) is 12.0 Å². The van der Waals surface area contributed by atoms with Crippen LogP contribution in [0.3, 0.4) is 0 Å². The molecule has 0 aliphatic carbocycles. The molecule has 6 heteroatoms. The van der Waals surface area contributed by atoms with E-state index in [1.807, 2.05) is 30.3 Å². The third-order valence-electron chi connectivity index (χ3n) is 1.65. The van der Waals surface area contributed by atoms with Crippen molar-refractivity contribution in [3.05, 3.63) is 35.9 Å². The fraction of sp³-hybridized carbons (Fsp3) is 0.300. The minimum atomic E-state index is -0.00106. The summed E-state index contributed by atoms with van der Waals surface area (Å²) in [7, 11) is 0. The van der Waals surface area contributed by atoms with E-state index in [2.05, 4.69) is 5.32 Å². The van der Waals surface area contributed by atoms with Gasteiger partial charge in [0.15, 0.2) is 0 Å². The van der Waals surface area contributed by atoms with Gasteiger partial charge in [-0.1, -0.05) is 30.3 Å². The first-order valence-corrected chi connectivity index (χ1v) is 4.73. The Balaban J connectivity index is -0.000000563. The van der Waals surface area contributed by atoms with Crippen LogP contribution in [0.25, 0.3) is 0 Å². The molecule has 1 aromatic rings. The van der Waals surface area contributed by atoms with Crippen LogP contribution in [0.5, 0.6) is 0 Å². The molecule has 1 amide bonds. The Hall–Kier alpha value is -0.810. The number of benzene rings is 1. The second-order valence-electron chi connectivity index (χ2n) is 2.70. The molecule has 94 valence electrons. The number of hydrogen-bond acceptors (Lipinski definition) is 1. The first-order chi connectivity index (χ1) is 6.33. The Labute approximate surface area is 106 Å².